The van der Waals surface area contributed by atoms with Gasteiger partial charge in [-0.2, -0.15) is 0 Å². The minimum atomic E-state index is 0.881. The van der Waals surface area contributed by atoms with Crippen LogP contribution in [0.1, 0.15) is 236 Å². The van der Waals surface area contributed by atoms with Gasteiger partial charge in [-0.3, -0.25) is 0 Å². The number of nitrogens with zero attached hydrogens (tertiary/aromatic N) is 2. The summed E-state index contributed by atoms with van der Waals surface area (Å²) in [5, 5.41) is 0. The van der Waals surface area contributed by atoms with E-state index in [1.54, 1.807) is 0 Å². The summed E-state index contributed by atoms with van der Waals surface area (Å²) in [5.74, 6) is 7.35. The maximum atomic E-state index is 12.2. The highest BCUT2D eigenvalue weighted by Crippen LogP contribution is 2.43. The molecule has 0 aliphatic carbocycles. The van der Waals surface area contributed by atoms with Crippen molar-refractivity contribution in [3.8, 4) is 11.8 Å². The molecule has 0 radical (unpaired) electrons. The Morgan fingerprint density at radius 3 is 1.35 bits per heavy atom. The average molecular weight is 747 g/mol. The third-order valence-electron chi connectivity index (χ3n) is 11.7. The van der Waals surface area contributed by atoms with Crippen LogP contribution < -0.4 is 0 Å². The monoisotopic (exact) mass is 747 g/mol. The molecule has 1 heterocycles. The molecule has 304 valence electrons. The van der Waals surface area contributed by atoms with Gasteiger partial charge in [-0.15, -0.1) is 0 Å². The molecule has 2 heteroatoms. The van der Waals surface area contributed by atoms with Crippen molar-refractivity contribution in [2.45, 2.75) is 227 Å². The Balaban J connectivity index is 1.70. The van der Waals surface area contributed by atoms with Crippen LogP contribution in [0.25, 0.3) is 16.9 Å². The van der Waals surface area contributed by atoms with Crippen molar-refractivity contribution < 1.29 is 4.70 Å². The summed E-state index contributed by atoms with van der Waals surface area (Å²) < 4.78 is 1.52. The van der Waals surface area contributed by atoms with Crippen molar-refractivity contribution in [2.24, 2.45) is 0 Å². The number of allylic oxidation sites excluding steroid dienone is 2. The summed E-state index contributed by atoms with van der Waals surface area (Å²) in [5.41, 5.74) is 21.2. The molecule has 0 atom stereocenters. The van der Waals surface area contributed by atoms with Gasteiger partial charge in [0, 0.05) is 23.1 Å². The molecule has 0 saturated heterocycles. The van der Waals surface area contributed by atoms with E-state index in [2.05, 4.69) is 88.1 Å². The van der Waals surface area contributed by atoms with Crippen LogP contribution >= 0.6 is 0 Å². The molecule has 3 rings (SSSR count). The fourth-order valence-corrected chi connectivity index (χ4v) is 8.25. The van der Waals surface area contributed by atoms with E-state index in [-0.39, 0.29) is 0 Å². The highest BCUT2D eigenvalue weighted by molar-refractivity contribution is 5.85. The molecule has 2 nitrogen and oxygen atoms in total. The Labute approximate surface area is 341 Å². The number of benzene rings is 2. The molecular weight excluding hydrogens is 665 g/mol. The van der Waals surface area contributed by atoms with Crippen LogP contribution in [0.4, 0.5) is 0 Å². The fraction of sp³-hybridized carbons (Fsp3) is 0.660. The van der Waals surface area contributed by atoms with Gasteiger partial charge in [0.1, 0.15) is 5.57 Å². The van der Waals surface area contributed by atoms with Gasteiger partial charge in [-0.1, -0.05) is 211 Å². The van der Waals surface area contributed by atoms with Crippen LogP contribution in [0.15, 0.2) is 59.7 Å². The van der Waals surface area contributed by atoms with Crippen molar-refractivity contribution >= 4 is 11.4 Å². The molecule has 0 amide bonds. The summed E-state index contributed by atoms with van der Waals surface area (Å²) >= 11 is 0. The first-order chi connectivity index (χ1) is 27.1. The summed E-state index contributed by atoms with van der Waals surface area (Å²) in [6.45, 7) is 9.12. The van der Waals surface area contributed by atoms with E-state index in [4.69, 9.17) is 0 Å². The predicted molar refractivity (Wildman–Crippen MR) is 242 cm³/mol. The van der Waals surface area contributed by atoms with Crippen LogP contribution in [0.2, 0.25) is 0 Å². The highest BCUT2D eigenvalue weighted by Gasteiger charge is 2.35. The van der Waals surface area contributed by atoms with E-state index in [1.807, 2.05) is 0 Å². The molecule has 0 unspecified atom stereocenters. The second-order valence-electron chi connectivity index (χ2n) is 16.7. The Hall–Kier alpha value is -2.92. The third kappa shape index (κ3) is 18.3. The van der Waals surface area contributed by atoms with Crippen LogP contribution in [0.5, 0.6) is 0 Å². The van der Waals surface area contributed by atoms with Gasteiger partial charge < -0.3 is 5.53 Å². The normalized spacial score (nSPS) is 12.9. The molecule has 1 aliphatic heterocycles. The van der Waals surface area contributed by atoms with Gasteiger partial charge >= 0.3 is 0 Å². The van der Waals surface area contributed by atoms with Crippen molar-refractivity contribution in [2.75, 3.05) is 0 Å². The molecule has 0 N–H and O–H groups in total. The van der Waals surface area contributed by atoms with Crippen LogP contribution in [0, 0.1) is 11.8 Å². The quantitative estimate of drug-likeness (QED) is 0.0405. The first kappa shape index (κ1) is 46.5. The number of hydrogen-bond acceptors (Lipinski definition) is 0. The molecule has 55 heavy (non-hydrogen) atoms. The zero-order chi connectivity index (χ0) is 39.2. The minimum Gasteiger partial charge on any atom is -0.493 e. The number of rotatable bonds is 32. The average Bonchev–Trinajstić information content (AvgIpc) is 3.48. The van der Waals surface area contributed by atoms with Crippen LogP contribution in [-0.2, 0) is 12.8 Å². The molecule has 2 aromatic rings. The lowest BCUT2D eigenvalue weighted by Gasteiger charge is -2.11. The lowest BCUT2D eigenvalue weighted by atomic mass is 9.93. The van der Waals surface area contributed by atoms with Gasteiger partial charge in [0.25, 0.3) is 0 Å². The number of unbranched alkanes of at least 4 members (excludes halogenated alkanes) is 24. The topological polar surface area (TPSA) is 25.3 Å². The molecule has 0 fully saturated rings. The lowest BCUT2D eigenvalue weighted by molar-refractivity contribution is -0.345. The molecule has 0 saturated carbocycles. The van der Waals surface area contributed by atoms with Gasteiger partial charge in [0.05, 0.1) is 0 Å². The molecule has 0 bridgehead atoms. The number of hydrogen-bond donors (Lipinski definition) is 0. The van der Waals surface area contributed by atoms with Crippen molar-refractivity contribution in [3.05, 3.63) is 87.5 Å². The Morgan fingerprint density at radius 2 is 0.836 bits per heavy atom. The Kier molecular flexibility index (Phi) is 25.6. The molecular formula is C53H82N2. The molecule has 0 spiro atoms. The minimum absolute atomic E-state index is 0.881. The van der Waals surface area contributed by atoms with E-state index in [0.29, 0.717) is 0 Å². The summed E-state index contributed by atoms with van der Waals surface area (Å²) in [4.78, 5) is 0. The van der Waals surface area contributed by atoms with Gasteiger partial charge in [-0.05, 0) is 80.3 Å². The maximum absolute atomic E-state index is 12.2. The summed E-state index contributed by atoms with van der Waals surface area (Å²) in [7, 11) is 0. The Morgan fingerprint density at radius 1 is 0.436 bits per heavy atom. The van der Waals surface area contributed by atoms with Gasteiger partial charge in [0.15, 0.2) is 0 Å². The van der Waals surface area contributed by atoms with Crippen LogP contribution in [-0.4, -0.2) is 4.70 Å². The fourth-order valence-electron chi connectivity index (χ4n) is 8.25. The van der Waals surface area contributed by atoms with E-state index in [0.717, 1.165) is 66.6 Å². The first-order valence-electron chi connectivity index (χ1n) is 23.8. The van der Waals surface area contributed by atoms with Crippen LogP contribution in [0.3, 0.4) is 0 Å². The highest BCUT2D eigenvalue weighted by atomic mass is 15.2. The van der Waals surface area contributed by atoms with Crippen molar-refractivity contribution in [3.63, 3.8) is 0 Å². The third-order valence-corrected chi connectivity index (χ3v) is 11.7. The van der Waals surface area contributed by atoms with E-state index in [9.17, 15) is 5.53 Å². The van der Waals surface area contributed by atoms with Crippen molar-refractivity contribution in [1.29, 1.82) is 0 Å². The zero-order valence-electron chi connectivity index (χ0n) is 36.4. The van der Waals surface area contributed by atoms with E-state index in [1.165, 1.54) is 182 Å². The second-order valence-corrected chi connectivity index (χ2v) is 16.7. The van der Waals surface area contributed by atoms with E-state index >= 15 is 0 Å². The smallest absolute Gasteiger partial charge is 0.223 e. The maximum Gasteiger partial charge on any atom is 0.223 e. The lowest BCUT2D eigenvalue weighted by Crippen LogP contribution is -2.03. The van der Waals surface area contributed by atoms with Crippen molar-refractivity contribution in [1.82, 2.24) is 0 Å². The molecule has 2 aromatic carbocycles. The largest absolute Gasteiger partial charge is 0.493 e. The summed E-state index contributed by atoms with van der Waals surface area (Å²) in [6.07, 6.45) is 39.7. The Bertz CT molecular complexity index is 1460. The van der Waals surface area contributed by atoms with Gasteiger partial charge in [0.2, 0.25) is 11.4 Å². The number of aryl methyl sites for hydroxylation is 2. The molecule has 0 aromatic heterocycles. The zero-order valence-corrected chi connectivity index (χ0v) is 36.4. The molecule has 1 aliphatic rings. The van der Waals surface area contributed by atoms with E-state index < -0.39 is 0 Å². The SMILES string of the molecule is CCCCCCCCCCCCCCCCCCC#CC1=C(c2cccc(CCCCC)c2)[N+](=[N-])C(c2cccc(CCCC)c2)=C1CCCCCCCC. The summed E-state index contributed by atoms with van der Waals surface area (Å²) in [6, 6.07) is 17.9. The first-order valence-corrected chi connectivity index (χ1v) is 23.8. The predicted octanol–water partition coefficient (Wildman–Crippen LogP) is 17.3. The standard InChI is InChI=1S/C53H82N2/c1-5-9-13-15-17-18-19-20-21-22-23-24-25-26-27-28-30-33-43-51-50(42-32-29-16-14-10-6-2)52(48-40-34-38-46(44-48)36-12-8-4)55(54)53(51)49-41-35-39-47(45-49)37-31-11-7-3/h34-35,38-41,44-45H,5-32,36-37,42H2,1-4H3. The second kappa shape index (κ2) is 30.2. The van der Waals surface area contributed by atoms with Gasteiger partial charge in [-0.25, -0.2) is 4.70 Å².